The van der Waals surface area contributed by atoms with Gasteiger partial charge in [0.05, 0.1) is 12.2 Å². The molecule has 0 radical (unpaired) electrons. The maximum Gasteiger partial charge on any atom is 0.191 e. The highest BCUT2D eigenvalue weighted by Gasteiger charge is 2.36. The summed E-state index contributed by atoms with van der Waals surface area (Å²) in [5, 5.41) is 11.1. The first kappa shape index (κ1) is 17.8. The first-order valence-corrected chi connectivity index (χ1v) is 8.56. The molecule has 1 aromatic rings. The average molecular weight is 320 g/mol. The molecule has 1 heterocycles. The molecular formula is C17H32N6. The van der Waals surface area contributed by atoms with Crippen LogP contribution in [0.5, 0.6) is 0 Å². The highest BCUT2D eigenvalue weighted by molar-refractivity contribution is 5.79. The van der Waals surface area contributed by atoms with Gasteiger partial charge in [0, 0.05) is 32.4 Å². The Morgan fingerprint density at radius 3 is 2.83 bits per heavy atom. The molecule has 2 unspecified atom stereocenters. The van der Waals surface area contributed by atoms with Crippen molar-refractivity contribution in [2.24, 2.45) is 18.0 Å². The van der Waals surface area contributed by atoms with Crippen molar-refractivity contribution in [3.05, 3.63) is 18.0 Å². The average Bonchev–Trinajstić information content (AvgIpc) is 2.92. The third-order valence-electron chi connectivity index (χ3n) is 5.18. The molecule has 0 aliphatic heterocycles. The summed E-state index contributed by atoms with van der Waals surface area (Å²) in [5.74, 6) is 1.64. The summed E-state index contributed by atoms with van der Waals surface area (Å²) in [4.78, 5) is 6.75. The van der Waals surface area contributed by atoms with Gasteiger partial charge >= 0.3 is 0 Å². The van der Waals surface area contributed by atoms with Crippen molar-refractivity contribution in [2.45, 2.75) is 44.7 Å². The Morgan fingerprint density at radius 2 is 2.26 bits per heavy atom. The monoisotopic (exact) mass is 320 g/mol. The Morgan fingerprint density at radius 1 is 1.48 bits per heavy atom. The lowest BCUT2D eigenvalue weighted by Crippen LogP contribution is -2.56. The second-order valence-electron chi connectivity index (χ2n) is 7.05. The van der Waals surface area contributed by atoms with Crippen LogP contribution >= 0.6 is 0 Å². The van der Waals surface area contributed by atoms with Crippen LogP contribution < -0.4 is 10.6 Å². The van der Waals surface area contributed by atoms with E-state index in [9.17, 15) is 0 Å². The largest absolute Gasteiger partial charge is 0.355 e. The van der Waals surface area contributed by atoms with Gasteiger partial charge in [0.2, 0.25) is 0 Å². The van der Waals surface area contributed by atoms with E-state index in [0.717, 1.165) is 30.7 Å². The number of rotatable bonds is 5. The molecule has 1 fully saturated rings. The van der Waals surface area contributed by atoms with Crippen molar-refractivity contribution in [2.75, 3.05) is 27.7 Å². The molecule has 2 N–H and O–H groups in total. The van der Waals surface area contributed by atoms with E-state index < -0.39 is 0 Å². The number of nitrogens with one attached hydrogen (secondary N) is 2. The number of guanidine groups is 1. The molecular weight excluding hydrogens is 288 g/mol. The van der Waals surface area contributed by atoms with Gasteiger partial charge in [-0.15, -0.1) is 0 Å². The zero-order valence-corrected chi connectivity index (χ0v) is 15.3. The normalized spacial score (nSPS) is 25.7. The lowest BCUT2D eigenvalue weighted by Gasteiger charge is -2.45. The number of hydrogen-bond donors (Lipinski definition) is 2. The third kappa shape index (κ3) is 4.47. The zero-order chi connectivity index (χ0) is 16.9. The van der Waals surface area contributed by atoms with Crippen molar-refractivity contribution in [3.63, 3.8) is 0 Å². The molecule has 0 saturated heterocycles. The van der Waals surface area contributed by atoms with E-state index in [1.807, 2.05) is 31.0 Å². The van der Waals surface area contributed by atoms with Crippen LogP contribution in [0.25, 0.3) is 0 Å². The second-order valence-corrected chi connectivity index (χ2v) is 7.05. The molecule has 6 nitrogen and oxygen atoms in total. The van der Waals surface area contributed by atoms with Crippen molar-refractivity contribution in [1.29, 1.82) is 0 Å². The summed E-state index contributed by atoms with van der Waals surface area (Å²) in [6, 6.07) is 2.02. The summed E-state index contributed by atoms with van der Waals surface area (Å²) in [7, 11) is 8.18. The predicted molar refractivity (Wildman–Crippen MR) is 95.5 cm³/mol. The summed E-state index contributed by atoms with van der Waals surface area (Å²) < 4.78 is 1.88. The van der Waals surface area contributed by atoms with Gasteiger partial charge in [0.1, 0.15) is 0 Å². The molecule has 2 atom stereocenters. The molecule has 0 bridgehead atoms. The highest BCUT2D eigenvalue weighted by atomic mass is 15.3. The van der Waals surface area contributed by atoms with Crippen LogP contribution in [0, 0.1) is 5.92 Å². The summed E-state index contributed by atoms with van der Waals surface area (Å²) in [5.41, 5.74) is 1.36. The van der Waals surface area contributed by atoms with Gasteiger partial charge in [-0.05, 0) is 38.9 Å². The predicted octanol–water partition coefficient (Wildman–Crippen LogP) is 1.60. The molecule has 1 saturated carbocycles. The summed E-state index contributed by atoms with van der Waals surface area (Å²) >= 11 is 0. The Bertz CT molecular complexity index is 521. The van der Waals surface area contributed by atoms with Crippen LogP contribution in [-0.4, -0.2) is 53.9 Å². The van der Waals surface area contributed by atoms with E-state index >= 15 is 0 Å². The summed E-state index contributed by atoms with van der Waals surface area (Å²) in [6.07, 6.45) is 6.96. The van der Waals surface area contributed by atoms with Crippen LogP contribution in [0.4, 0.5) is 0 Å². The van der Waals surface area contributed by atoms with Gasteiger partial charge in [-0.2, -0.15) is 5.10 Å². The molecule has 1 aliphatic rings. The smallest absolute Gasteiger partial charge is 0.191 e. The first-order valence-electron chi connectivity index (χ1n) is 8.56. The maximum absolute atomic E-state index is 4.36. The third-order valence-corrected chi connectivity index (χ3v) is 5.18. The van der Waals surface area contributed by atoms with E-state index in [0.29, 0.717) is 0 Å². The molecule has 0 aromatic carbocycles. The second kappa shape index (κ2) is 7.81. The van der Waals surface area contributed by atoms with Crippen LogP contribution in [0.3, 0.4) is 0 Å². The highest BCUT2D eigenvalue weighted by Crippen LogP contribution is 2.35. The number of nitrogens with zero attached hydrogens (tertiary/aromatic N) is 4. The topological polar surface area (TPSA) is 57.5 Å². The Hall–Kier alpha value is -1.56. The van der Waals surface area contributed by atoms with Crippen LogP contribution in [0.15, 0.2) is 17.3 Å². The van der Waals surface area contributed by atoms with Gasteiger partial charge in [0.15, 0.2) is 5.96 Å². The number of likely N-dealkylation sites (N-methyl/N-ethyl adjacent to an activating group) is 1. The molecule has 1 aromatic heterocycles. The van der Waals surface area contributed by atoms with Crippen molar-refractivity contribution < 1.29 is 0 Å². The summed E-state index contributed by atoms with van der Waals surface area (Å²) in [6.45, 7) is 4.02. The Balaban J connectivity index is 1.91. The van der Waals surface area contributed by atoms with E-state index in [-0.39, 0.29) is 5.54 Å². The van der Waals surface area contributed by atoms with Gasteiger partial charge in [-0.1, -0.05) is 19.8 Å². The van der Waals surface area contributed by atoms with Crippen molar-refractivity contribution >= 4 is 5.96 Å². The first-order chi connectivity index (χ1) is 11.0. The molecule has 2 rings (SSSR count). The molecule has 1 aliphatic carbocycles. The van der Waals surface area contributed by atoms with Crippen molar-refractivity contribution in [3.8, 4) is 0 Å². The van der Waals surface area contributed by atoms with E-state index in [1.54, 1.807) is 0 Å². The molecule has 0 spiro atoms. The maximum atomic E-state index is 4.36. The van der Waals surface area contributed by atoms with Crippen LogP contribution in [-0.2, 0) is 13.6 Å². The fraction of sp³-hybridized carbons (Fsp3) is 0.765. The number of aryl methyl sites for hydroxylation is 1. The number of aromatic nitrogens is 2. The number of hydrogen-bond acceptors (Lipinski definition) is 3. The van der Waals surface area contributed by atoms with Crippen molar-refractivity contribution in [1.82, 2.24) is 25.3 Å². The molecule has 0 amide bonds. The van der Waals surface area contributed by atoms with E-state index in [1.165, 1.54) is 25.7 Å². The Labute approximate surface area is 140 Å². The van der Waals surface area contributed by atoms with E-state index in [2.05, 4.69) is 46.6 Å². The standard InChI is InChI=1S/C17H32N6/c1-14-7-6-9-17(11-14,22(3)4)13-20-16(18-2)19-12-15-8-10-21-23(15)5/h8,10,14H,6-7,9,11-13H2,1-5H3,(H2,18,19,20). The fourth-order valence-corrected chi connectivity index (χ4v) is 3.58. The minimum atomic E-state index is 0.224. The molecule has 130 valence electrons. The lowest BCUT2D eigenvalue weighted by atomic mass is 9.75. The lowest BCUT2D eigenvalue weighted by molar-refractivity contribution is 0.0795. The Kier molecular flexibility index (Phi) is 6.04. The SMILES string of the molecule is CN=C(NCc1ccnn1C)NCC1(N(C)C)CCCC(C)C1. The zero-order valence-electron chi connectivity index (χ0n) is 15.3. The van der Waals surface area contributed by atoms with Crippen LogP contribution in [0.2, 0.25) is 0 Å². The molecule has 23 heavy (non-hydrogen) atoms. The van der Waals surface area contributed by atoms with Gasteiger partial charge in [0.25, 0.3) is 0 Å². The van der Waals surface area contributed by atoms with E-state index in [4.69, 9.17) is 0 Å². The van der Waals surface area contributed by atoms with Gasteiger partial charge in [-0.25, -0.2) is 0 Å². The minimum Gasteiger partial charge on any atom is -0.355 e. The van der Waals surface area contributed by atoms with Gasteiger partial charge in [-0.3, -0.25) is 9.67 Å². The van der Waals surface area contributed by atoms with Crippen LogP contribution in [0.1, 0.15) is 38.3 Å². The number of aliphatic imine (C=N–C) groups is 1. The van der Waals surface area contributed by atoms with Gasteiger partial charge < -0.3 is 15.5 Å². The minimum absolute atomic E-state index is 0.224. The fourth-order valence-electron chi connectivity index (χ4n) is 3.58. The quantitative estimate of drug-likeness (QED) is 0.639. The molecule has 6 heteroatoms.